The van der Waals surface area contributed by atoms with Gasteiger partial charge in [-0.1, -0.05) is 13.8 Å². The van der Waals surface area contributed by atoms with Crippen LogP contribution < -0.4 is 0 Å². The van der Waals surface area contributed by atoms with E-state index >= 15 is 0 Å². The van der Waals surface area contributed by atoms with Crippen LogP contribution in [0, 0.1) is 6.92 Å². The van der Waals surface area contributed by atoms with E-state index in [1.807, 2.05) is 26.8 Å². The molecule has 0 aliphatic heterocycles. The van der Waals surface area contributed by atoms with Crippen molar-refractivity contribution in [1.82, 2.24) is 15.0 Å². The number of hydrogen-bond donors (Lipinski definition) is 0. The first-order valence-corrected chi connectivity index (χ1v) is 4.39. The summed E-state index contributed by atoms with van der Waals surface area (Å²) in [6, 6.07) is 1.88. The van der Waals surface area contributed by atoms with E-state index in [1.54, 1.807) is 18.6 Å². The molecule has 0 aliphatic carbocycles. The Bertz CT molecular complexity index is 385. The lowest BCUT2D eigenvalue weighted by molar-refractivity contribution is 1.09. The number of nitrogens with zero attached hydrogens (tertiary/aromatic N) is 3. The Labute approximate surface area is 77.9 Å². The minimum absolute atomic E-state index is 0.795. The zero-order chi connectivity index (χ0) is 9.68. The third-order valence-electron chi connectivity index (χ3n) is 1.50. The van der Waals surface area contributed by atoms with Gasteiger partial charge in [-0.2, -0.15) is 0 Å². The Morgan fingerprint density at radius 2 is 1.92 bits per heavy atom. The number of aromatic nitrogens is 3. The molecule has 0 unspecified atom stereocenters. The zero-order valence-electron chi connectivity index (χ0n) is 8.15. The fraction of sp³-hybridized carbons (Fsp3) is 0.300. The SMILES string of the molecule is CC.Cc1ncc2cnccc2n1. The monoisotopic (exact) mass is 175 g/mol. The minimum Gasteiger partial charge on any atom is -0.264 e. The van der Waals surface area contributed by atoms with Crippen LogP contribution in [0.4, 0.5) is 0 Å². The lowest BCUT2D eigenvalue weighted by Gasteiger charge is -1.94. The summed E-state index contributed by atoms with van der Waals surface area (Å²) in [6.07, 6.45) is 5.27. The van der Waals surface area contributed by atoms with E-state index < -0.39 is 0 Å². The summed E-state index contributed by atoms with van der Waals surface area (Å²) in [5.74, 6) is 0.795. The van der Waals surface area contributed by atoms with E-state index in [0.717, 1.165) is 16.7 Å². The Morgan fingerprint density at radius 3 is 2.69 bits per heavy atom. The van der Waals surface area contributed by atoms with Crippen LogP contribution in [-0.4, -0.2) is 15.0 Å². The number of pyridine rings is 1. The number of rotatable bonds is 0. The molecule has 0 aliphatic rings. The number of fused-ring (bicyclic) bond motifs is 1. The Morgan fingerprint density at radius 1 is 1.15 bits per heavy atom. The average molecular weight is 175 g/mol. The molecule has 0 amide bonds. The summed E-state index contributed by atoms with van der Waals surface area (Å²) < 4.78 is 0. The maximum absolute atomic E-state index is 4.22. The molecule has 68 valence electrons. The summed E-state index contributed by atoms with van der Waals surface area (Å²) in [5, 5.41) is 0.984. The van der Waals surface area contributed by atoms with Gasteiger partial charge in [0.05, 0.1) is 5.52 Å². The second kappa shape index (κ2) is 4.50. The predicted molar refractivity (Wildman–Crippen MR) is 53.4 cm³/mol. The highest BCUT2D eigenvalue weighted by molar-refractivity contribution is 5.75. The van der Waals surface area contributed by atoms with Crippen molar-refractivity contribution in [3.05, 3.63) is 30.5 Å². The van der Waals surface area contributed by atoms with Crippen molar-refractivity contribution in [3.63, 3.8) is 0 Å². The molecule has 0 spiro atoms. The average Bonchev–Trinajstić information content (AvgIpc) is 2.21. The van der Waals surface area contributed by atoms with Gasteiger partial charge in [-0.15, -0.1) is 0 Å². The van der Waals surface area contributed by atoms with Crippen molar-refractivity contribution in [1.29, 1.82) is 0 Å². The standard InChI is InChI=1S/C8H7N3.C2H6/c1-6-10-5-7-4-9-3-2-8(7)11-6;1-2/h2-5H,1H3;1-2H3. The fourth-order valence-electron chi connectivity index (χ4n) is 0.967. The predicted octanol–water partition coefficient (Wildman–Crippen LogP) is 2.36. The first-order valence-electron chi connectivity index (χ1n) is 4.39. The van der Waals surface area contributed by atoms with Gasteiger partial charge in [0.15, 0.2) is 0 Å². The largest absolute Gasteiger partial charge is 0.264 e. The van der Waals surface area contributed by atoms with Crippen molar-refractivity contribution in [2.24, 2.45) is 0 Å². The molecule has 2 aromatic rings. The molecule has 0 atom stereocenters. The maximum Gasteiger partial charge on any atom is 0.125 e. The summed E-state index contributed by atoms with van der Waals surface area (Å²) in [4.78, 5) is 12.2. The summed E-state index contributed by atoms with van der Waals surface area (Å²) >= 11 is 0. The first-order chi connectivity index (χ1) is 6.36. The summed E-state index contributed by atoms with van der Waals surface area (Å²) in [7, 11) is 0. The smallest absolute Gasteiger partial charge is 0.125 e. The molecule has 3 heteroatoms. The van der Waals surface area contributed by atoms with Gasteiger partial charge < -0.3 is 0 Å². The molecule has 0 saturated heterocycles. The minimum atomic E-state index is 0.795. The lowest BCUT2D eigenvalue weighted by Crippen LogP contribution is -1.87. The van der Waals surface area contributed by atoms with Crippen LogP contribution in [0.15, 0.2) is 24.7 Å². The van der Waals surface area contributed by atoms with E-state index in [2.05, 4.69) is 15.0 Å². The molecular formula is C10H13N3. The molecule has 0 fully saturated rings. The summed E-state index contributed by atoms with van der Waals surface area (Å²) in [6.45, 7) is 5.87. The van der Waals surface area contributed by atoms with Gasteiger partial charge in [-0.25, -0.2) is 9.97 Å². The van der Waals surface area contributed by atoms with Crippen LogP contribution in [0.2, 0.25) is 0 Å². The van der Waals surface area contributed by atoms with Gasteiger partial charge in [0, 0.05) is 24.0 Å². The molecule has 3 nitrogen and oxygen atoms in total. The second-order valence-corrected chi connectivity index (χ2v) is 2.35. The molecule has 0 saturated carbocycles. The van der Waals surface area contributed by atoms with Crippen LogP contribution in [0.25, 0.3) is 10.9 Å². The zero-order valence-corrected chi connectivity index (χ0v) is 8.15. The first kappa shape index (κ1) is 9.58. The van der Waals surface area contributed by atoms with E-state index in [4.69, 9.17) is 0 Å². The van der Waals surface area contributed by atoms with Gasteiger partial charge in [-0.3, -0.25) is 4.98 Å². The van der Waals surface area contributed by atoms with E-state index in [-0.39, 0.29) is 0 Å². The van der Waals surface area contributed by atoms with E-state index in [1.165, 1.54) is 0 Å². The Hall–Kier alpha value is -1.51. The quantitative estimate of drug-likeness (QED) is 0.617. The van der Waals surface area contributed by atoms with Crippen LogP contribution in [0.5, 0.6) is 0 Å². The van der Waals surface area contributed by atoms with Crippen LogP contribution >= 0.6 is 0 Å². The molecule has 2 aromatic heterocycles. The lowest BCUT2D eigenvalue weighted by atomic mass is 10.3. The van der Waals surface area contributed by atoms with Crippen molar-refractivity contribution in [3.8, 4) is 0 Å². The highest BCUT2D eigenvalue weighted by Crippen LogP contribution is 2.06. The third kappa shape index (κ3) is 2.21. The van der Waals surface area contributed by atoms with Gasteiger partial charge in [-0.05, 0) is 13.0 Å². The molecule has 2 heterocycles. The Kier molecular flexibility index (Phi) is 3.31. The molecule has 0 radical (unpaired) electrons. The molecule has 0 N–H and O–H groups in total. The number of hydrogen-bond acceptors (Lipinski definition) is 3. The van der Waals surface area contributed by atoms with Crippen LogP contribution in [0.1, 0.15) is 19.7 Å². The normalized spacial score (nSPS) is 9.15. The van der Waals surface area contributed by atoms with Crippen LogP contribution in [0.3, 0.4) is 0 Å². The highest BCUT2D eigenvalue weighted by Gasteiger charge is 1.93. The van der Waals surface area contributed by atoms with Crippen molar-refractivity contribution in [2.75, 3.05) is 0 Å². The fourth-order valence-corrected chi connectivity index (χ4v) is 0.967. The van der Waals surface area contributed by atoms with Crippen LogP contribution in [-0.2, 0) is 0 Å². The van der Waals surface area contributed by atoms with Crippen molar-refractivity contribution >= 4 is 10.9 Å². The van der Waals surface area contributed by atoms with E-state index in [0.29, 0.717) is 0 Å². The molecule has 13 heavy (non-hydrogen) atoms. The molecular weight excluding hydrogens is 162 g/mol. The molecule has 0 bridgehead atoms. The topological polar surface area (TPSA) is 38.7 Å². The van der Waals surface area contributed by atoms with Gasteiger partial charge in [0.2, 0.25) is 0 Å². The van der Waals surface area contributed by atoms with Crippen molar-refractivity contribution < 1.29 is 0 Å². The van der Waals surface area contributed by atoms with Gasteiger partial charge in [0.25, 0.3) is 0 Å². The Balaban J connectivity index is 0.000000396. The third-order valence-corrected chi connectivity index (χ3v) is 1.50. The summed E-state index contributed by atoms with van der Waals surface area (Å²) in [5.41, 5.74) is 0.951. The molecule has 2 rings (SSSR count). The van der Waals surface area contributed by atoms with Gasteiger partial charge in [0.1, 0.15) is 5.82 Å². The van der Waals surface area contributed by atoms with Crippen molar-refractivity contribution in [2.45, 2.75) is 20.8 Å². The number of aryl methyl sites for hydroxylation is 1. The van der Waals surface area contributed by atoms with Gasteiger partial charge >= 0.3 is 0 Å². The highest BCUT2D eigenvalue weighted by atomic mass is 14.9. The second-order valence-electron chi connectivity index (χ2n) is 2.35. The van der Waals surface area contributed by atoms with E-state index in [9.17, 15) is 0 Å². The maximum atomic E-state index is 4.22. The molecule has 0 aromatic carbocycles.